The van der Waals surface area contributed by atoms with Crippen LogP contribution in [-0.4, -0.2) is 28.2 Å². The summed E-state index contributed by atoms with van der Waals surface area (Å²) in [4.78, 5) is 44.0. The molecule has 0 atom stereocenters. The first-order chi connectivity index (χ1) is 12.9. The van der Waals surface area contributed by atoms with Gasteiger partial charge >= 0.3 is 0 Å². The van der Waals surface area contributed by atoms with Gasteiger partial charge in [-0.25, -0.2) is 4.98 Å². The smallest absolute Gasteiger partial charge is 0.162 e. The van der Waals surface area contributed by atoms with Crippen molar-refractivity contribution >= 4 is 57.5 Å². The molecule has 1 heterocycles. The fourth-order valence-electron chi connectivity index (χ4n) is 3.30. The van der Waals surface area contributed by atoms with E-state index >= 15 is 0 Å². The van der Waals surface area contributed by atoms with Gasteiger partial charge in [-0.3, -0.25) is 14.4 Å². The lowest BCUT2D eigenvalue weighted by atomic mass is 9.58. The van der Waals surface area contributed by atoms with Crippen LogP contribution >= 0.6 is 34.5 Å². The Morgan fingerprint density at radius 1 is 1.14 bits per heavy atom. The van der Waals surface area contributed by atoms with Crippen molar-refractivity contribution in [1.29, 1.82) is 0 Å². The Kier molecular flexibility index (Phi) is 6.54. The number of aromatic nitrogens is 1. The van der Waals surface area contributed by atoms with E-state index in [-0.39, 0.29) is 5.78 Å². The van der Waals surface area contributed by atoms with Gasteiger partial charge in [0.2, 0.25) is 0 Å². The van der Waals surface area contributed by atoms with Gasteiger partial charge in [0.1, 0.15) is 10.9 Å². The molecule has 0 amide bonds. The van der Waals surface area contributed by atoms with E-state index in [0.29, 0.717) is 27.2 Å². The fraction of sp³-hybridized carbons (Fsp3) is 0.429. The molecule has 0 unspecified atom stereocenters. The van der Waals surface area contributed by atoms with Gasteiger partial charge in [0.05, 0.1) is 16.5 Å². The maximum absolute atomic E-state index is 13.0. The minimum atomic E-state index is -1.24. The lowest BCUT2D eigenvalue weighted by Gasteiger charge is -2.40. The zero-order chi connectivity index (χ0) is 21.4. The van der Waals surface area contributed by atoms with Gasteiger partial charge in [-0.05, 0) is 40.7 Å². The van der Waals surface area contributed by atoms with Crippen LogP contribution in [0.25, 0.3) is 5.57 Å². The standard InChI is InChI=1S/C21H23Cl2NO3S/c1-11(7-8-13(23)9-10-22)18-24-15(12(2)28-18)14-16(25)20(3,4)19(27)21(5,6)17(14)26/h7-9,14H,1,10H2,2-6H3/b8-7-,13-9+. The number of halogens is 2. The molecule has 7 heteroatoms. The van der Waals surface area contributed by atoms with Crippen LogP contribution in [0.15, 0.2) is 29.8 Å². The number of rotatable bonds is 5. The summed E-state index contributed by atoms with van der Waals surface area (Å²) < 4.78 is 0. The summed E-state index contributed by atoms with van der Waals surface area (Å²) in [5.74, 6) is -1.92. The molecule has 0 aliphatic heterocycles. The summed E-state index contributed by atoms with van der Waals surface area (Å²) in [7, 11) is 0. The molecule has 0 bridgehead atoms. The SMILES string of the molecule is C=C(/C=C\C(Cl)=C/CCl)c1nc(C2C(=O)C(C)(C)C(=O)C(C)(C)C2=O)c(C)s1. The van der Waals surface area contributed by atoms with E-state index in [0.717, 1.165) is 4.88 Å². The molecule has 1 aromatic rings. The summed E-state index contributed by atoms with van der Waals surface area (Å²) in [5, 5.41) is 1.07. The molecule has 4 nitrogen and oxygen atoms in total. The van der Waals surface area contributed by atoms with E-state index in [4.69, 9.17) is 23.2 Å². The van der Waals surface area contributed by atoms with Crippen LogP contribution in [0.5, 0.6) is 0 Å². The number of alkyl halides is 1. The van der Waals surface area contributed by atoms with Crippen LogP contribution < -0.4 is 0 Å². The van der Waals surface area contributed by atoms with E-state index in [1.54, 1.807) is 45.9 Å². The minimum absolute atomic E-state index is 0.298. The minimum Gasteiger partial charge on any atom is -0.298 e. The molecule has 0 aromatic carbocycles. The molecule has 2 rings (SSSR count). The first-order valence-corrected chi connectivity index (χ1v) is 10.5. The van der Waals surface area contributed by atoms with Crippen molar-refractivity contribution in [3.8, 4) is 0 Å². The highest BCUT2D eigenvalue weighted by molar-refractivity contribution is 7.12. The summed E-state index contributed by atoms with van der Waals surface area (Å²) in [6, 6.07) is 0. The van der Waals surface area contributed by atoms with E-state index in [1.165, 1.54) is 11.3 Å². The molecule has 0 saturated heterocycles. The van der Waals surface area contributed by atoms with Crippen LogP contribution in [0.1, 0.15) is 49.2 Å². The number of thiazole rings is 1. The first-order valence-electron chi connectivity index (χ1n) is 8.75. The van der Waals surface area contributed by atoms with Crippen molar-refractivity contribution in [3.05, 3.63) is 45.4 Å². The van der Waals surface area contributed by atoms with Gasteiger partial charge in [-0.2, -0.15) is 0 Å². The number of hydrogen-bond donors (Lipinski definition) is 0. The van der Waals surface area contributed by atoms with Crippen molar-refractivity contribution < 1.29 is 14.4 Å². The molecule has 28 heavy (non-hydrogen) atoms. The molecule has 1 aliphatic rings. The van der Waals surface area contributed by atoms with Crippen molar-refractivity contribution in [2.75, 3.05) is 5.88 Å². The molecule has 0 radical (unpaired) electrons. The number of carbonyl (C=O) groups excluding carboxylic acids is 3. The zero-order valence-corrected chi connectivity index (χ0v) is 18.9. The normalized spacial score (nSPS) is 20.2. The number of aryl methyl sites for hydroxylation is 1. The predicted molar refractivity (Wildman–Crippen MR) is 115 cm³/mol. The quantitative estimate of drug-likeness (QED) is 0.357. The van der Waals surface area contributed by atoms with Crippen LogP contribution in [0.3, 0.4) is 0 Å². The van der Waals surface area contributed by atoms with Crippen LogP contribution in [0, 0.1) is 17.8 Å². The lowest BCUT2D eigenvalue weighted by molar-refractivity contribution is -0.157. The van der Waals surface area contributed by atoms with Crippen molar-refractivity contribution in [1.82, 2.24) is 4.98 Å². The zero-order valence-electron chi connectivity index (χ0n) is 16.6. The van der Waals surface area contributed by atoms with Gasteiger partial charge < -0.3 is 0 Å². The highest BCUT2D eigenvalue weighted by Gasteiger charge is 2.59. The number of hydrogen-bond acceptors (Lipinski definition) is 5. The molecule has 150 valence electrons. The summed E-state index contributed by atoms with van der Waals surface area (Å²) in [6.45, 7) is 12.1. The topological polar surface area (TPSA) is 64.1 Å². The molecule has 0 spiro atoms. The molecular weight excluding hydrogens is 417 g/mol. The van der Waals surface area contributed by atoms with Gasteiger partial charge in [0.15, 0.2) is 17.3 Å². The van der Waals surface area contributed by atoms with Crippen LogP contribution in [0.2, 0.25) is 0 Å². The maximum atomic E-state index is 13.0. The highest BCUT2D eigenvalue weighted by atomic mass is 35.5. The molecule has 1 aromatic heterocycles. The second-order valence-corrected chi connectivity index (χ2v) is 9.75. The van der Waals surface area contributed by atoms with Gasteiger partial charge in [-0.1, -0.05) is 30.3 Å². The fourth-order valence-corrected chi connectivity index (χ4v) is 4.59. The number of allylic oxidation sites excluding steroid dienone is 5. The second-order valence-electron chi connectivity index (χ2n) is 7.80. The van der Waals surface area contributed by atoms with E-state index in [9.17, 15) is 14.4 Å². The van der Waals surface area contributed by atoms with E-state index in [2.05, 4.69) is 11.6 Å². The number of nitrogens with zero attached hydrogens (tertiary/aromatic N) is 1. The third-order valence-corrected chi connectivity index (χ3v) is 6.48. The van der Waals surface area contributed by atoms with Crippen molar-refractivity contribution in [3.63, 3.8) is 0 Å². The number of carbonyl (C=O) groups is 3. The summed E-state index contributed by atoms with van der Waals surface area (Å²) in [5.41, 5.74) is -1.48. The largest absolute Gasteiger partial charge is 0.298 e. The summed E-state index contributed by atoms with van der Waals surface area (Å²) >= 11 is 12.9. The van der Waals surface area contributed by atoms with Crippen LogP contribution in [0.4, 0.5) is 0 Å². The Morgan fingerprint density at radius 2 is 1.68 bits per heavy atom. The average Bonchev–Trinajstić information content (AvgIpc) is 2.99. The van der Waals surface area contributed by atoms with Crippen LogP contribution in [-0.2, 0) is 14.4 Å². The first kappa shape index (κ1) is 22.7. The predicted octanol–water partition coefficient (Wildman–Crippen LogP) is 5.24. The molecule has 1 saturated carbocycles. The Labute approximate surface area is 179 Å². The third-order valence-electron chi connectivity index (χ3n) is 4.99. The monoisotopic (exact) mass is 439 g/mol. The van der Waals surface area contributed by atoms with Gasteiger partial charge in [0.25, 0.3) is 0 Å². The van der Waals surface area contributed by atoms with E-state index in [1.807, 2.05) is 6.92 Å². The van der Waals surface area contributed by atoms with Gasteiger partial charge in [0, 0.05) is 21.4 Å². The Morgan fingerprint density at radius 3 is 2.18 bits per heavy atom. The average molecular weight is 440 g/mol. The van der Waals surface area contributed by atoms with Gasteiger partial charge in [-0.15, -0.1) is 22.9 Å². The maximum Gasteiger partial charge on any atom is 0.162 e. The Hall–Kier alpha value is -1.56. The molecule has 0 N–H and O–H groups in total. The van der Waals surface area contributed by atoms with Crippen molar-refractivity contribution in [2.45, 2.75) is 40.5 Å². The molecule has 1 fully saturated rings. The number of ketones is 3. The Balaban J connectivity index is 2.45. The second kappa shape index (κ2) is 8.05. The Bertz CT molecular complexity index is 892. The van der Waals surface area contributed by atoms with E-state index < -0.39 is 28.3 Å². The third kappa shape index (κ3) is 3.93. The highest BCUT2D eigenvalue weighted by Crippen LogP contribution is 2.45. The summed E-state index contributed by atoms with van der Waals surface area (Å²) in [6.07, 6.45) is 5.01. The lowest BCUT2D eigenvalue weighted by Crippen LogP contribution is -2.56. The van der Waals surface area contributed by atoms with Crippen molar-refractivity contribution in [2.24, 2.45) is 10.8 Å². The molecule has 1 aliphatic carbocycles. The number of Topliss-reactive ketones (excluding diaryl/α,β-unsaturated/α-hetero) is 3. The molecular formula is C21H23Cl2NO3S.